The molecule has 0 unspecified atom stereocenters. The molecule has 9 aromatic rings. The molecule has 5 heteroatoms. The largest absolute Gasteiger partial charge is 0.507 e. The number of aromatic nitrogens is 3. The molecule has 1 N–H and O–H groups in total. The summed E-state index contributed by atoms with van der Waals surface area (Å²) in [5, 5.41) is 14.1. The number of hydrogen-bond acceptors (Lipinski definition) is 3. The van der Waals surface area contributed by atoms with Crippen LogP contribution in [0.2, 0.25) is 19.6 Å². The van der Waals surface area contributed by atoms with Gasteiger partial charge in [0.2, 0.25) is 0 Å². The summed E-state index contributed by atoms with van der Waals surface area (Å²) in [5.74, 6) is 0.946. The Balaban J connectivity index is 1.34. The Morgan fingerprint density at radius 3 is 1.76 bits per heavy atom. The molecule has 0 saturated heterocycles. The first-order chi connectivity index (χ1) is 33.4. The van der Waals surface area contributed by atoms with Gasteiger partial charge in [0.15, 0.2) is 0 Å². The van der Waals surface area contributed by atoms with E-state index in [1.54, 1.807) is 0 Å². The minimum absolute atomic E-state index is 0.156. The lowest BCUT2D eigenvalue weighted by Gasteiger charge is -2.27. The zero-order valence-corrected chi connectivity index (χ0v) is 45.7. The molecule has 9 rings (SSSR count). The van der Waals surface area contributed by atoms with E-state index in [9.17, 15) is 5.11 Å². The Kier molecular flexibility index (Phi) is 12.5. The van der Waals surface area contributed by atoms with Crippen molar-refractivity contribution in [2.45, 2.75) is 119 Å². The van der Waals surface area contributed by atoms with Gasteiger partial charge in [0, 0.05) is 28.5 Å². The van der Waals surface area contributed by atoms with Gasteiger partial charge >= 0.3 is 0 Å². The van der Waals surface area contributed by atoms with Crippen molar-refractivity contribution >= 4 is 24.3 Å². The number of pyridine rings is 1. The third kappa shape index (κ3) is 9.69. The van der Waals surface area contributed by atoms with Gasteiger partial charge in [-0.15, -0.1) is 0 Å². The van der Waals surface area contributed by atoms with Crippen LogP contribution in [0.5, 0.6) is 5.75 Å². The molecule has 2 heterocycles. The minimum Gasteiger partial charge on any atom is -0.507 e. The number of fused-ring (bicyclic) bond motifs is 1. The average molecular weight is 950 g/mol. The van der Waals surface area contributed by atoms with E-state index in [-0.39, 0.29) is 22.0 Å². The SMILES string of the molecule is Cc1cc(C)c(-c2ccc(-n3c(-c4cc(C(C)(C)C)cc(C(C)(C)C)c4O)nc4c(-c5cc(-c6cc(-c7ccc([Si](C)(C)C)cc7)ccn6)cc(C(C)(C)C)c5)cccc43)c(-c3ccccc3)c2)c(C)c1. The van der Waals surface area contributed by atoms with E-state index in [1.807, 2.05) is 6.20 Å². The molecule has 0 spiro atoms. The first-order valence-electron chi connectivity index (χ1n) is 25.3. The van der Waals surface area contributed by atoms with Crippen LogP contribution in [0.1, 0.15) is 95.7 Å². The highest BCUT2D eigenvalue weighted by Gasteiger charge is 2.30. The summed E-state index contributed by atoms with van der Waals surface area (Å²) in [6.07, 6.45) is 1.94. The Hall–Kier alpha value is -6.82. The molecule has 0 aliphatic rings. The molecule has 0 fully saturated rings. The summed E-state index contributed by atoms with van der Waals surface area (Å²) in [5.41, 5.74) is 20.8. The topological polar surface area (TPSA) is 50.9 Å². The quantitative estimate of drug-likeness (QED) is 0.154. The standard InChI is InChI=1S/C66H71N3OSi/c1-41-32-42(2)60(43(3)33-41)47-26-29-58(54(37-47)45-20-17-16-18-21-45)69-59-23-19-22-53(61(59)68-63(69)55-39-51(65(7,8)9)40-56(62(55)70)66(10,11)12)48-34-49(36-50(35-48)64(4,5)6)57-38-46(30-31-67-57)44-24-27-52(28-25-44)71(13,14)15/h16-40,70H,1-15H3. The Morgan fingerprint density at radius 2 is 1.13 bits per heavy atom. The molecule has 360 valence electrons. The van der Waals surface area contributed by atoms with Crippen molar-refractivity contribution in [3.63, 3.8) is 0 Å². The first-order valence-corrected chi connectivity index (χ1v) is 28.8. The summed E-state index contributed by atoms with van der Waals surface area (Å²) < 4.78 is 2.31. The van der Waals surface area contributed by atoms with Crippen LogP contribution >= 0.6 is 0 Å². The smallest absolute Gasteiger partial charge is 0.149 e. The second-order valence-corrected chi connectivity index (χ2v) is 29.1. The molecule has 0 aliphatic heterocycles. The molecule has 2 aromatic heterocycles. The van der Waals surface area contributed by atoms with Gasteiger partial charge in [-0.3, -0.25) is 9.55 Å². The molecular weight excluding hydrogens is 879 g/mol. The fourth-order valence-corrected chi connectivity index (χ4v) is 11.4. The third-order valence-electron chi connectivity index (χ3n) is 14.2. The van der Waals surface area contributed by atoms with Gasteiger partial charge in [-0.25, -0.2) is 4.98 Å². The van der Waals surface area contributed by atoms with E-state index < -0.39 is 8.07 Å². The van der Waals surface area contributed by atoms with Crippen LogP contribution in [-0.4, -0.2) is 27.7 Å². The van der Waals surface area contributed by atoms with Crippen LogP contribution in [0.4, 0.5) is 0 Å². The average Bonchev–Trinajstić information content (AvgIpc) is 3.69. The van der Waals surface area contributed by atoms with Gasteiger partial charge in [0.05, 0.1) is 36.1 Å². The van der Waals surface area contributed by atoms with Crippen molar-refractivity contribution < 1.29 is 5.11 Å². The summed E-state index contributed by atoms with van der Waals surface area (Å²) >= 11 is 0. The predicted octanol–water partition coefficient (Wildman–Crippen LogP) is 17.5. The summed E-state index contributed by atoms with van der Waals surface area (Å²) in [6.45, 7) is 33.9. The van der Waals surface area contributed by atoms with E-state index >= 15 is 0 Å². The van der Waals surface area contributed by atoms with Gasteiger partial charge < -0.3 is 5.11 Å². The number of aromatic hydroxyl groups is 1. The number of phenolic OH excluding ortho intramolecular Hbond substituents is 1. The maximum atomic E-state index is 12.7. The lowest BCUT2D eigenvalue weighted by Crippen LogP contribution is -2.37. The normalized spacial score (nSPS) is 12.5. The van der Waals surface area contributed by atoms with E-state index in [0.717, 1.165) is 72.5 Å². The molecular formula is C66H71N3OSi. The lowest BCUT2D eigenvalue weighted by atomic mass is 9.79. The zero-order chi connectivity index (χ0) is 50.9. The fourth-order valence-electron chi connectivity index (χ4n) is 10.2. The van der Waals surface area contributed by atoms with Gasteiger partial charge in [-0.05, 0) is 141 Å². The van der Waals surface area contributed by atoms with Crippen molar-refractivity contribution in [1.82, 2.24) is 14.5 Å². The number of phenols is 1. The van der Waals surface area contributed by atoms with Gasteiger partial charge in [0.1, 0.15) is 11.6 Å². The molecule has 0 aliphatic carbocycles. The second kappa shape index (κ2) is 18.1. The van der Waals surface area contributed by atoms with Crippen LogP contribution in [0.25, 0.3) is 83.9 Å². The first kappa shape index (κ1) is 49.2. The Bertz CT molecular complexity index is 3450. The van der Waals surface area contributed by atoms with Crippen molar-refractivity contribution in [2.75, 3.05) is 0 Å². The van der Waals surface area contributed by atoms with Crippen molar-refractivity contribution in [1.29, 1.82) is 0 Å². The molecule has 0 saturated carbocycles. The number of rotatable bonds is 8. The van der Waals surface area contributed by atoms with Crippen LogP contribution in [0.15, 0.2) is 152 Å². The van der Waals surface area contributed by atoms with E-state index in [1.165, 1.54) is 38.6 Å². The number of benzene rings is 7. The second-order valence-electron chi connectivity index (χ2n) is 24.0. The van der Waals surface area contributed by atoms with E-state index in [4.69, 9.17) is 9.97 Å². The molecule has 7 aromatic carbocycles. The highest BCUT2D eigenvalue weighted by Crippen LogP contribution is 2.46. The molecule has 4 nitrogen and oxygen atoms in total. The maximum absolute atomic E-state index is 12.7. The molecule has 0 bridgehead atoms. The number of aryl methyl sites for hydroxylation is 3. The van der Waals surface area contributed by atoms with Crippen LogP contribution in [-0.2, 0) is 16.2 Å². The lowest BCUT2D eigenvalue weighted by molar-refractivity contribution is 0.446. The maximum Gasteiger partial charge on any atom is 0.149 e. The number of para-hydroxylation sites is 1. The molecule has 0 radical (unpaired) electrons. The monoisotopic (exact) mass is 950 g/mol. The summed E-state index contributed by atoms with van der Waals surface area (Å²) in [4.78, 5) is 10.8. The van der Waals surface area contributed by atoms with E-state index in [2.05, 4.69) is 253 Å². The highest BCUT2D eigenvalue weighted by atomic mass is 28.3. The van der Waals surface area contributed by atoms with Gasteiger partial charge in [0.25, 0.3) is 0 Å². The fraction of sp³-hybridized carbons (Fsp3) is 0.273. The Labute approximate surface area is 424 Å². The minimum atomic E-state index is -1.44. The van der Waals surface area contributed by atoms with Crippen molar-refractivity contribution in [3.8, 4) is 78.6 Å². The van der Waals surface area contributed by atoms with Crippen LogP contribution in [0, 0.1) is 20.8 Å². The molecule has 71 heavy (non-hydrogen) atoms. The summed E-state index contributed by atoms with van der Waals surface area (Å²) in [6, 6.07) is 53.5. The summed E-state index contributed by atoms with van der Waals surface area (Å²) in [7, 11) is -1.44. The third-order valence-corrected chi connectivity index (χ3v) is 16.3. The van der Waals surface area contributed by atoms with Crippen LogP contribution in [0.3, 0.4) is 0 Å². The Morgan fingerprint density at radius 1 is 0.493 bits per heavy atom. The highest BCUT2D eigenvalue weighted by molar-refractivity contribution is 6.88. The molecule has 0 atom stereocenters. The van der Waals surface area contributed by atoms with Crippen LogP contribution < -0.4 is 5.19 Å². The molecule has 0 amide bonds. The van der Waals surface area contributed by atoms with E-state index in [0.29, 0.717) is 11.4 Å². The number of imidazole rings is 1. The van der Waals surface area contributed by atoms with Crippen molar-refractivity contribution in [2.24, 2.45) is 0 Å². The zero-order valence-electron chi connectivity index (χ0n) is 44.7. The van der Waals surface area contributed by atoms with Gasteiger partial charge in [-0.1, -0.05) is 190 Å². The number of nitrogens with zero attached hydrogens (tertiary/aromatic N) is 3. The van der Waals surface area contributed by atoms with Gasteiger partial charge in [-0.2, -0.15) is 0 Å². The van der Waals surface area contributed by atoms with Crippen molar-refractivity contribution in [3.05, 3.63) is 185 Å². The number of hydrogen-bond donors (Lipinski definition) is 1. The predicted molar refractivity (Wildman–Crippen MR) is 306 cm³/mol.